The van der Waals surface area contributed by atoms with Gasteiger partial charge in [-0.3, -0.25) is 10.1 Å². The summed E-state index contributed by atoms with van der Waals surface area (Å²) in [6, 6.07) is 0.326. The molecule has 112 valence electrons. The van der Waals surface area contributed by atoms with Gasteiger partial charge in [0, 0.05) is 11.1 Å². The van der Waals surface area contributed by atoms with E-state index in [1.165, 1.54) is 11.3 Å². The standard InChI is InChI=1S/C13H18N6OS/c1-2-10-7-15-13(21-10)16-12(20)11-8-19(18-17-11)9-3-5-14-6-4-9/h7-9,14H,2-6H2,1H3,(H,15,16,20). The first-order valence-corrected chi connectivity index (χ1v) is 7.96. The molecule has 1 aliphatic heterocycles. The summed E-state index contributed by atoms with van der Waals surface area (Å²) in [5, 5.41) is 14.7. The summed E-state index contributed by atoms with van der Waals surface area (Å²) in [5.74, 6) is -0.257. The predicted molar refractivity (Wildman–Crippen MR) is 80.6 cm³/mol. The third-order valence-electron chi connectivity index (χ3n) is 3.55. The lowest BCUT2D eigenvalue weighted by Gasteiger charge is -2.21. The number of carbonyl (C=O) groups excluding carboxylic acids is 1. The number of hydrogen-bond donors (Lipinski definition) is 2. The van der Waals surface area contributed by atoms with Crippen molar-refractivity contribution in [3.05, 3.63) is 23.0 Å². The first-order valence-electron chi connectivity index (χ1n) is 7.15. The van der Waals surface area contributed by atoms with Crippen molar-refractivity contribution < 1.29 is 4.79 Å². The summed E-state index contributed by atoms with van der Waals surface area (Å²) in [5.41, 5.74) is 0.335. The van der Waals surface area contributed by atoms with Gasteiger partial charge < -0.3 is 5.32 Å². The molecule has 0 aliphatic carbocycles. The molecule has 3 rings (SSSR count). The zero-order valence-electron chi connectivity index (χ0n) is 11.9. The first-order chi connectivity index (χ1) is 10.3. The van der Waals surface area contributed by atoms with Crippen molar-refractivity contribution >= 4 is 22.4 Å². The molecule has 7 nitrogen and oxygen atoms in total. The molecule has 2 aromatic heterocycles. The average molecular weight is 306 g/mol. The Kier molecular flexibility index (Phi) is 4.26. The Morgan fingerprint density at radius 2 is 2.33 bits per heavy atom. The number of rotatable bonds is 4. The molecule has 3 heterocycles. The quantitative estimate of drug-likeness (QED) is 0.893. The second kappa shape index (κ2) is 6.31. The minimum Gasteiger partial charge on any atom is -0.317 e. The van der Waals surface area contributed by atoms with Crippen molar-refractivity contribution in [2.45, 2.75) is 32.2 Å². The van der Waals surface area contributed by atoms with Gasteiger partial charge >= 0.3 is 0 Å². The van der Waals surface area contributed by atoms with Crippen molar-refractivity contribution in [1.29, 1.82) is 0 Å². The van der Waals surface area contributed by atoms with Gasteiger partial charge in [-0.25, -0.2) is 9.67 Å². The van der Waals surface area contributed by atoms with E-state index in [4.69, 9.17) is 0 Å². The average Bonchev–Trinajstić information content (AvgIpc) is 3.17. The van der Waals surface area contributed by atoms with Gasteiger partial charge in [0.15, 0.2) is 10.8 Å². The van der Waals surface area contributed by atoms with Crippen LogP contribution in [0.15, 0.2) is 12.4 Å². The van der Waals surface area contributed by atoms with Gasteiger partial charge in [-0.1, -0.05) is 12.1 Å². The topological polar surface area (TPSA) is 84.7 Å². The minimum absolute atomic E-state index is 0.257. The van der Waals surface area contributed by atoms with Gasteiger partial charge in [-0.15, -0.1) is 16.4 Å². The Bertz CT molecular complexity index is 616. The molecule has 8 heteroatoms. The van der Waals surface area contributed by atoms with E-state index in [0.717, 1.165) is 37.2 Å². The van der Waals surface area contributed by atoms with Gasteiger partial charge in [0.2, 0.25) is 0 Å². The number of piperidine rings is 1. The van der Waals surface area contributed by atoms with Crippen LogP contribution in [0, 0.1) is 0 Å². The van der Waals surface area contributed by atoms with Crippen LogP contribution in [0.2, 0.25) is 0 Å². The largest absolute Gasteiger partial charge is 0.317 e. The number of hydrogen-bond acceptors (Lipinski definition) is 6. The van der Waals surface area contributed by atoms with Crippen LogP contribution in [0.25, 0.3) is 0 Å². The maximum absolute atomic E-state index is 12.1. The number of nitrogens with zero attached hydrogens (tertiary/aromatic N) is 4. The molecule has 2 N–H and O–H groups in total. The second-order valence-electron chi connectivity index (χ2n) is 5.00. The molecule has 1 aliphatic rings. The SMILES string of the molecule is CCc1cnc(NC(=O)c2cn(C3CCNCC3)nn2)s1. The molecule has 0 saturated carbocycles. The van der Waals surface area contributed by atoms with Gasteiger partial charge in [0.05, 0.1) is 12.2 Å². The number of carbonyl (C=O) groups is 1. The van der Waals surface area contributed by atoms with Crippen LogP contribution in [-0.4, -0.2) is 39.0 Å². The highest BCUT2D eigenvalue weighted by Gasteiger charge is 2.19. The Hall–Kier alpha value is -1.80. The highest BCUT2D eigenvalue weighted by Crippen LogP contribution is 2.20. The van der Waals surface area contributed by atoms with Crippen LogP contribution in [0.3, 0.4) is 0 Å². The molecule has 1 saturated heterocycles. The number of amides is 1. The first kappa shape index (κ1) is 14.2. The third kappa shape index (κ3) is 3.27. The fourth-order valence-corrected chi connectivity index (χ4v) is 3.07. The normalized spacial score (nSPS) is 16.0. The summed E-state index contributed by atoms with van der Waals surface area (Å²) < 4.78 is 1.80. The fraction of sp³-hybridized carbons (Fsp3) is 0.538. The zero-order valence-corrected chi connectivity index (χ0v) is 12.7. The van der Waals surface area contributed by atoms with Crippen molar-refractivity contribution in [2.75, 3.05) is 18.4 Å². The smallest absolute Gasteiger partial charge is 0.279 e. The van der Waals surface area contributed by atoms with E-state index in [-0.39, 0.29) is 5.91 Å². The summed E-state index contributed by atoms with van der Waals surface area (Å²) in [4.78, 5) is 17.4. The molecule has 0 radical (unpaired) electrons. The van der Waals surface area contributed by atoms with Crippen LogP contribution < -0.4 is 10.6 Å². The fourth-order valence-electron chi connectivity index (χ4n) is 2.32. The van der Waals surface area contributed by atoms with Crippen LogP contribution in [0.1, 0.15) is 41.2 Å². The highest BCUT2D eigenvalue weighted by molar-refractivity contribution is 7.15. The van der Waals surface area contributed by atoms with Crippen LogP contribution in [-0.2, 0) is 6.42 Å². The van der Waals surface area contributed by atoms with E-state index in [1.54, 1.807) is 17.1 Å². The molecule has 0 bridgehead atoms. The van der Waals surface area contributed by atoms with Gasteiger partial charge in [0.25, 0.3) is 5.91 Å². The van der Waals surface area contributed by atoms with Crippen LogP contribution in [0.4, 0.5) is 5.13 Å². The number of thiazole rings is 1. The zero-order chi connectivity index (χ0) is 14.7. The molecule has 0 unspecified atom stereocenters. The van der Waals surface area contributed by atoms with E-state index in [1.807, 2.05) is 0 Å². The number of aryl methyl sites for hydroxylation is 1. The minimum atomic E-state index is -0.257. The summed E-state index contributed by atoms with van der Waals surface area (Å²) in [6.45, 7) is 4.01. The highest BCUT2D eigenvalue weighted by atomic mass is 32.1. The molecular formula is C13H18N6OS. The van der Waals surface area contributed by atoms with E-state index in [2.05, 4.69) is 32.9 Å². The van der Waals surface area contributed by atoms with Crippen LogP contribution in [0.5, 0.6) is 0 Å². The van der Waals surface area contributed by atoms with Gasteiger partial charge in [-0.2, -0.15) is 0 Å². The molecule has 1 fully saturated rings. The lowest BCUT2D eigenvalue weighted by Crippen LogP contribution is -2.29. The molecule has 0 atom stereocenters. The number of anilines is 1. The summed E-state index contributed by atoms with van der Waals surface area (Å²) in [6.07, 6.45) is 6.44. The van der Waals surface area contributed by atoms with Crippen molar-refractivity contribution in [3.8, 4) is 0 Å². The van der Waals surface area contributed by atoms with Crippen molar-refractivity contribution in [2.24, 2.45) is 0 Å². The predicted octanol–water partition coefficient (Wildman–Crippen LogP) is 1.47. The second-order valence-corrected chi connectivity index (χ2v) is 6.12. The Labute approximate surface area is 126 Å². The van der Waals surface area contributed by atoms with Gasteiger partial charge in [-0.05, 0) is 32.4 Å². The monoisotopic (exact) mass is 306 g/mol. The maximum Gasteiger partial charge on any atom is 0.279 e. The van der Waals surface area contributed by atoms with Gasteiger partial charge in [0.1, 0.15) is 0 Å². The maximum atomic E-state index is 12.1. The summed E-state index contributed by atoms with van der Waals surface area (Å²) >= 11 is 1.48. The van der Waals surface area contributed by atoms with E-state index >= 15 is 0 Å². The Morgan fingerprint density at radius 1 is 1.52 bits per heavy atom. The molecule has 21 heavy (non-hydrogen) atoms. The Morgan fingerprint density at radius 3 is 3.05 bits per heavy atom. The summed E-state index contributed by atoms with van der Waals surface area (Å²) in [7, 11) is 0. The van der Waals surface area contributed by atoms with Crippen LogP contribution >= 0.6 is 11.3 Å². The van der Waals surface area contributed by atoms with E-state index in [9.17, 15) is 4.79 Å². The number of aromatic nitrogens is 4. The van der Waals surface area contributed by atoms with Crippen molar-refractivity contribution in [1.82, 2.24) is 25.3 Å². The molecule has 2 aromatic rings. The lowest BCUT2D eigenvalue weighted by molar-refractivity contribution is 0.102. The third-order valence-corrected chi connectivity index (χ3v) is 4.61. The molecule has 1 amide bonds. The van der Waals surface area contributed by atoms with E-state index in [0.29, 0.717) is 16.9 Å². The molecule has 0 spiro atoms. The Balaban J connectivity index is 1.66. The molecular weight excluding hydrogens is 288 g/mol. The molecule has 0 aromatic carbocycles. The van der Waals surface area contributed by atoms with E-state index < -0.39 is 0 Å². The van der Waals surface area contributed by atoms with Crippen molar-refractivity contribution in [3.63, 3.8) is 0 Å². The lowest BCUT2D eigenvalue weighted by atomic mass is 10.1. The number of nitrogens with one attached hydrogen (secondary N) is 2.